The molecule has 6 nitrogen and oxygen atoms in total. The largest absolute Gasteiger partial charge is 0.496 e. The highest BCUT2D eigenvalue weighted by Gasteiger charge is 2.18. The summed E-state index contributed by atoms with van der Waals surface area (Å²) >= 11 is 0. The second-order valence-corrected chi connectivity index (χ2v) is 5.68. The van der Waals surface area contributed by atoms with Gasteiger partial charge in [-0.25, -0.2) is 0 Å². The van der Waals surface area contributed by atoms with Crippen molar-refractivity contribution in [1.29, 1.82) is 0 Å². The molecule has 0 bridgehead atoms. The normalized spacial score (nSPS) is 12.3. The summed E-state index contributed by atoms with van der Waals surface area (Å²) in [6.07, 6.45) is 0. The molecule has 0 aliphatic carbocycles. The molecule has 3 rings (SSSR count). The van der Waals surface area contributed by atoms with Crippen LogP contribution in [0.15, 0.2) is 54.6 Å². The molecule has 0 saturated heterocycles. The molecule has 1 aromatic heterocycles. The third kappa shape index (κ3) is 3.28. The van der Waals surface area contributed by atoms with Gasteiger partial charge in [-0.3, -0.25) is 4.90 Å². The van der Waals surface area contributed by atoms with Crippen LogP contribution in [0.1, 0.15) is 24.4 Å². The van der Waals surface area contributed by atoms with E-state index in [0.29, 0.717) is 6.54 Å². The molecule has 1 heterocycles. The first-order chi connectivity index (χ1) is 11.7. The highest BCUT2D eigenvalue weighted by molar-refractivity contribution is 5.35. The maximum absolute atomic E-state index is 5.47. The number of tetrazole rings is 1. The van der Waals surface area contributed by atoms with Crippen molar-refractivity contribution in [3.05, 3.63) is 66.0 Å². The standard InChI is InChI=1S/C18H21N5O/c1-14(16-11-7-8-12-17(16)24-3)22(2)13-18-19-20-21-23(18)15-9-5-4-6-10-15/h4-12,14H,13H2,1-3H3/t14-/m1/s1. The summed E-state index contributed by atoms with van der Waals surface area (Å²) in [5, 5.41) is 12.1. The molecule has 0 radical (unpaired) electrons. The molecule has 0 spiro atoms. The molecule has 2 aromatic carbocycles. The minimum Gasteiger partial charge on any atom is -0.496 e. The minimum absolute atomic E-state index is 0.169. The molecule has 0 saturated carbocycles. The molecule has 0 amide bonds. The Morgan fingerprint density at radius 1 is 1.08 bits per heavy atom. The molecule has 0 aliphatic rings. The number of hydrogen-bond donors (Lipinski definition) is 0. The summed E-state index contributed by atoms with van der Waals surface area (Å²) in [4.78, 5) is 2.20. The Labute approximate surface area is 141 Å². The zero-order valence-corrected chi connectivity index (χ0v) is 14.1. The smallest absolute Gasteiger partial charge is 0.170 e. The van der Waals surface area contributed by atoms with Gasteiger partial charge in [0.15, 0.2) is 5.82 Å². The highest BCUT2D eigenvalue weighted by atomic mass is 16.5. The Balaban J connectivity index is 1.81. The summed E-state index contributed by atoms with van der Waals surface area (Å²) in [6.45, 7) is 2.77. The molecule has 0 aliphatic heterocycles. The topological polar surface area (TPSA) is 56.1 Å². The monoisotopic (exact) mass is 323 g/mol. The van der Waals surface area contributed by atoms with Crippen LogP contribution in [0.2, 0.25) is 0 Å². The molecule has 0 N–H and O–H groups in total. The van der Waals surface area contributed by atoms with Gasteiger partial charge >= 0.3 is 0 Å². The second kappa shape index (κ2) is 7.23. The van der Waals surface area contributed by atoms with Crippen molar-refractivity contribution in [2.75, 3.05) is 14.2 Å². The van der Waals surface area contributed by atoms with Gasteiger partial charge in [0.1, 0.15) is 5.75 Å². The van der Waals surface area contributed by atoms with Crippen LogP contribution in [0, 0.1) is 0 Å². The molecule has 0 unspecified atom stereocenters. The summed E-state index contributed by atoms with van der Waals surface area (Å²) in [7, 11) is 3.75. The van der Waals surface area contributed by atoms with Gasteiger partial charge in [0.2, 0.25) is 0 Å². The van der Waals surface area contributed by atoms with Gasteiger partial charge in [-0.05, 0) is 42.6 Å². The number of nitrogens with zero attached hydrogens (tertiary/aromatic N) is 5. The van der Waals surface area contributed by atoms with Crippen molar-refractivity contribution in [2.24, 2.45) is 0 Å². The Bertz CT molecular complexity index is 787. The van der Waals surface area contributed by atoms with Crippen LogP contribution in [-0.4, -0.2) is 39.3 Å². The predicted octanol–water partition coefficient (Wildman–Crippen LogP) is 2.86. The van der Waals surface area contributed by atoms with Gasteiger partial charge in [0, 0.05) is 11.6 Å². The van der Waals surface area contributed by atoms with E-state index in [1.54, 1.807) is 11.8 Å². The fourth-order valence-electron chi connectivity index (χ4n) is 2.68. The number of hydrogen-bond acceptors (Lipinski definition) is 5. The first-order valence-corrected chi connectivity index (χ1v) is 7.86. The third-order valence-corrected chi connectivity index (χ3v) is 4.18. The minimum atomic E-state index is 0.169. The van der Waals surface area contributed by atoms with Gasteiger partial charge in [0.25, 0.3) is 0 Å². The fraction of sp³-hybridized carbons (Fsp3) is 0.278. The van der Waals surface area contributed by atoms with E-state index < -0.39 is 0 Å². The average molecular weight is 323 g/mol. The molecule has 1 atom stereocenters. The van der Waals surface area contributed by atoms with E-state index in [2.05, 4.69) is 40.5 Å². The third-order valence-electron chi connectivity index (χ3n) is 4.18. The van der Waals surface area contributed by atoms with Crippen molar-refractivity contribution in [2.45, 2.75) is 19.5 Å². The van der Waals surface area contributed by atoms with Gasteiger partial charge in [-0.15, -0.1) is 5.10 Å². The van der Waals surface area contributed by atoms with Crippen LogP contribution in [0.5, 0.6) is 5.75 Å². The van der Waals surface area contributed by atoms with E-state index in [4.69, 9.17) is 4.74 Å². The van der Waals surface area contributed by atoms with Crippen LogP contribution < -0.4 is 4.74 Å². The second-order valence-electron chi connectivity index (χ2n) is 5.68. The van der Waals surface area contributed by atoms with Crippen molar-refractivity contribution in [3.8, 4) is 11.4 Å². The zero-order valence-electron chi connectivity index (χ0n) is 14.1. The number of benzene rings is 2. The van der Waals surface area contributed by atoms with Crippen LogP contribution in [0.25, 0.3) is 5.69 Å². The Morgan fingerprint density at radius 2 is 1.79 bits per heavy atom. The molecular weight excluding hydrogens is 302 g/mol. The van der Waals surface area contributed by atoms with Gasteiger partial charge in [0.05, 0.1) is 19.3 Å². The van der Waals surface area contributed by atoms with E-state index in [9.17, 15) is 0 Å². The molecule has 0 fully saturated rings. The lowest BCUT2D eigenvalue weighted by Gasteiger charge is -2.25. The van der Waals surface area contributed by atoms with Gasteiger partial charge in [-0.1, -0.05) is 36.4 Å². The quantitative estimate of drug-likeness (QED) is 0.698. The van der Waals surface area contributed by atoms with E-state index in [1.807, 2.05) is 48.5 Å². The Morgan fingerprint density at radius 3 is 2.54 bits per heavy atom. The summed E-state index contributed by atoms with van der Waals surface area (Å²) in [6, 6.07) is 18.1. The van der Waals surface area contributed by atoms with Crippen molar-refractivity contribution in [3.63, 3.8) is 0 Å². The summed E-state index contributed by atoms with van der Waals surface area (Å²) in [5.74, 6) is 1.69. The van der Waals surface area contributed by atoms with Crippen molar-refractivity contribution in [1.82, 2.24) is 25.1 Å². The maximum Gasteiger partial charge on any atom is 0.170 e. The SMILES string of the molecule is COc1ccccc1[C@@H](C)N(C)Cc1nnnn1-c1ccccc1. The predicted molar refractivity (Wildman–Crippen MR) is 92.0 cm³/mol. The first-order valence-electron chi connectivity index (χ1n) is 7.86. The summed E-state index contributed by atoms with van der Waals surface area (Å²) < 4.78 is 7.24. The van der Waals surface area contributed by atoms with E-state index >= 15 is 0 Å². The highest BCUT2D eigenvalue weighted by Crippen LogP contribution is 2.28. The fourth-order valence-corrected chi connectivity index (χ4v) is 2.68. The van der Waals surface area contributed by atoms with Crippen LogP contribution in [0.3, 0.4) is 0 Å². The first kappa shape index (κ1) is 16.1. The van der Waals surface area contributed by atoms with Crippen molar-refractivity contribution >= 4 is 0 Å². The average Bonchev–Trinajstić information content (AvgIpc) is 3.09. The lowest BCUT2D eigenvalue weighted by molar-refractivity contribution is 0.239. The van der Waals surface area contributed by atoms with E-state index in [0.717, 1.165) is 22.8 Å². The van der Waals surface area contributed by atoms with Gasteiger partial charge < -0.3 is 4.74 Å². The number of para-hydroxylation sites is 2. The van der Waals surface area contributed by atoms with Gasteiger partial charge in [-0.2, -0.15) is 4.68 Å². The number of methoxy groups -OCH3 is 1. The molecule has 6 heteroatoms. The number of rotatable bonds is 6. The number of aromatic nitrogens is 4. The van der Waals surface area contributed by atoms with Crippen LogP contribution >= 0.6 is 0 Å². The lowest BCUT2D eigenvalue weighted by Crippen LogP contribution is -2.24. The van der Waals surface area contributed by atoms with E-state index in [1.165, 1.54) is 0 Å². The van der Waals surface area contributed by atoms with Crippen LogP contribution in [-0.2, 0) is 6.54 Å². The van der Waals surface area contributed by atoms with Crippen molar-refractivity contribution < 1.29 is 4.74 Å². The molecule has 24 heavy (non-hydrogen) atoms. The van der Waals surface area contributed by atoms with E-state index in [-0.39, 0.29) is 6.04 Å². The zero-order chi connectivity index (χ0) is 16.9. The van der Waals surface area contributed by atoms with Crippen LogP contribution in [0.4, 0.5) is 0 Å². The molecule has 3 aromatic rings. The maximum atomic E-state index is 5.47. The summed E-state index contributed by atoms with van der Waals surface area (Å²) in [5.41, 5.74) is 2.09. The lowest BCUT2D eigenvalue weighted by atomic mass is 10.1. The molecular formula is C18H21N5O. The Hall–Kier alpha value is -2.73. The Kier molecular flexibility index (Phi) is 4.86. The molecule has 124 valence electrons. The number of ether oxygens (including phenoxy) is 1.